The van der Waals surface area contributed by atoms with Gasteiger partial charge in [0.25, 0.3) is 0 Å². The molecular formula is C50H62N6O3S. The number of tetrazole rings is 1. The number of benzene rings is 4. The van der Waals surface area contributed by atoms with E-state index in [9.17, 15) is 14.7 Å². The number of allylic oxidation sites excluding steroid dienone is 3. The van der Waals surface area contributed by atoms with Crippen molar-refractivity contribution in [2.24, 2.45) is 0 Å². The molecule has 10 heteroatoms. The lowest BCUT2D eigenvalue weighted by molar-refractivity contribution is -0.124. The maximum absolute atomic E-state index is 12.3. The number of hydrogen-bond acceptors (Lipinski definition) is 7. The summed E-state index contributed by atoms with van der Waals surface area (Å²) in [6.45, 7) is 6.31. The first kappa shape index (κ1) is 45.8. The van der Waals surface area contributed by atoms with Crippen molar-refractivity contribution in [3.05, 3.63) is 162 Å². The molecule has 5 aromatic rings. The lowest BCUT2D eigenvalue weighted by atomic mass is 9.77. The van der Waals surface area contributed by atoms with Gasteiger partial charge in [-0.1, -0.05) is 192 Å². The Morgan fingerprint density at radius 3 is 1.98 bits per heavy atom. The van der Waals surface area contributed by atoms with Crippen molar-refractivity contribution in [1.82, 2.24) is 30.4 Å². The highest BCUT2D eigenvalue weighted by molar-refractivity contribution is 8.00. The molecule has 0 spiro atoms. The summed E-state index contributed by atoms with van der Waals surface area (Å²) < 4.78 is 0. The largest absolute Gasteiger partial charge is 0.387 e. The second-order valence-electron chi connectivity index (χ2n) is 15.2. The zero-order valence-electron chi connectivity index (χ0n) is 35.5. The van der Waals surface area contributed by atoms with Crippen molar-refractivity contribution in [3.63, 3.8) is 0 Å². The number of aliphatic hydroxyl groups is 1. The third-order valence-electron chi connectivity index (χ3n) is 10.7. The van der Waals surface area contributed by atoms with Gasteiger partial charge in [0.2, 0.25) is 18.1 Å². The van der Waals surface area contributed by atoms with E-state index in [1.54, 1.807) is 9.70 Å². The zero-order chi connectivity index (χ0) is 42.4. The molecule has 4 aromatic carbocycles. The van der Waals surface area contributed by atoms with Crippen LogP contribution in [-0.2, 0) is 15.1 Å². The first-order valence-corrected chi connectivity index (χ1v) is 22.7. The van der Waals surface area contributed by atoms with Crippen molar-refractivity contribution in [2.75, 3.05) is 12.3 Å². The number of thioether (sulfide) groups is 1. The molecule has 0 saturated carbocycles. The van der Waals surface area contributed by atoms with Crippen molar-refractivity contribution in [1.29, 1.82) is 0 Å². The minimum atomic E-state index is -0.923. The van der Waals surface area contributed by atoms with Gasteiger partial charge in [0, 0.05) is 24.8 Å². The predicted molar refractivity (Wildman–Crippen MR) is 245 cm³/mol. The number of unbranched alkanes of at least 4 members (excludes halogenated alkanes) is 8. The average molecular weight is 827 g/mol. The summed E-state index contributed by atoms with van der Waals surface area (Å²) in [4.78, 5) is 27.8. The van der Waals surface area contributed by atoms with E-state index in [1.807, 2.05) is 91.0 Å². The van der Waals surface area contributed by atoms with Crippen molar-refractivity contribution < 1.29 is 14.7 Å². The third kappa shape index (κ3) is 12.6. The zero-order valence-corrected chi connectivity index (χ0v) is 36.3. The third-order valence-corrected chi connectivity index (χ3v) is 12.0. The molecule has 1 aromatic heterocycles. The van der Waals surface area contributed by atoms with Gasteiger partial charge < -0.3 is 15.3 Å². The summed E-state index contributed by atoms with van der Waals surface area (Å²) in [5.74, 6) is 0.605. The summed E-state index contributed by atoms with van der Waals surface area (Å²) in [6.07, 6.45) is 19.2. The normalized spacial score (nSPS) is 13.3. The Morgan fingerprint density at radius 2 is 1.40 bits per heavy atom. The van der Waals surface area contributed by atoms with E-state index in [-0.39, 0.29) is 5.91 Å². The lowest BCUT2D eigenvalue weighted by Crippen LogP contribution is -2.49. The Labute approximate surface area is 361 Å². The van der Waals surface area contributed by atoms with Crippen LogP contribution in [0.25, 0.3) is 11.4 Å². The number of nitrogens with zero attached hydrogens (tertiary/aromatic N) is 5. The van der Waals surface area contributed by atoms with Crippen molar-refractivity contribution in [2.45, 2.75) is 108 Å². The summed E-state index contributed by atoms with van der Waals surface area (Å²) in [7, 11) is 0. The average Bonchev–Trinajstić information content (AvgIpc) is 3.78. The van der Waals surface area contributed by atoms with Crippen LogP contribution in [0.5, 0.6) is 0 Å². The SMILES string of the molecule is CCCCCCCCC/C=C\C=C\[C@@H](SC[C@H](NC(C)=O)N(C=O)CCCC)[C@@H](O)c1cccc(-c2nnn(C(c3ccccc3)(c3ccccc3)c3ccccc3)n2)c1. The number of carbonyl (C=O) groups is 2. The van der Waals surface area contributed by atoms with Gasteiger partial charge in [0.1, 0.15) is 6.17 Å². The molecule has 9 nitrogen and oxygen atoms in total. The molecule has 3 atom stereocenters. The van der Waals surface area contributed by atoms with Gasteiger partial charge in [0.15, 0.2) is 5.54 Å². The van der Waals surface area contributed by atoms with E-state index >= 15 is 0 Å². The summed E-state index contributed by atoms with van der Waals surface area (Å²) >= 11 is 1.50. The molecule has 5 rings (SSSR count). The monoisotopic (exact) mass is 826 g/mol. The molecule has 0 fully saturated rings. The summed E-state index contributed by atoms with van der Waals surface area (Å²) in [6, 6.07) is 38.3. The highest BCUT2D eigenvalue weighted by Gasteiger charge is 2.41. The smallest absolute Gasteiger partial charge is 0.218 e. The van der Waals surface area contributed by atoms with Gasteiger partial charge in [0.05, 0.1) is 11.4 Å². The molecule has 0 aliphatic rings. The van der Waals surface area contributed by atoms with Crippen LogP contribution in [0.1, 0.15) is 113 Å². The molecule has 1 heterocycles. The molecule has 0 unspecified atom stereocenters. The van der Waals surface area contributed by atoms with Gasteiger partial charge in [-0.3, -0.25) is 9.59 Å². The highest BCUT2D eigenvalue weighted by atomic mass is 32.2. The fraction of sp³-hybridized carbons (Fsp3) is 0.380. The fourth-order valence-electron chi connectivity index (χ4n) is 7.51. The van der Waals surface area contributed by atoms with Gasteiger partial charge >= 0.3 is 0 Å². The van der Waals surface area contributed by atoms with E-state index in [1.165, 1.54) is 57.2 Å². The lowest BCUT2D eigenvalue weighted by Gasteiger charge is -2.34. The van der Waals surface area contributed by atoms with Gasteiger partial charge in [-0.25, -0.2) is 0 Å². The molecule has 2 amide bonds. The molecule has 0 bridgehead atoms. The molecule has 60 heavy (non-hydrogen) atoms. The summed E-state index contributed by atoms with van der Waals surface area (Å²) in [5, 5.41) is 29.1. The van der Waals surface area contributed by atoms with Crippen LogP contribution >= 0.6 is 11.8 Å². The maximum atomic E-state index is 12.3. The minimum Gasteiger partial charge on any atom is -0.387 e. The standard InChI is InChI=1S/C50H62N6O3S/c1-4-6-8-9-10-11-12-13-14-15-25-35-46(60-38-47(51-40(3)58)55(39-57)36-7-5-2)48(59)41-27-26-28-42(37-41)49-52-54-56(53-49)50(43-29-19-16-20-30-43,44-31-21-17-22-32-44)45-33-23-18-24-34-45/h14-35,37,39,46-48,59H,4-13,36,38H2,1-3H3,(H,51,58)/b15-14-,35-25+/t46-,47-,48+/m1/s1. The molecule has 0 aliphatic heterocycles. The number of rotatable bonds is 26. The first-order valence-electron chi connectivity index (χ1n) is 21.6. The number of nitrogens with one attached hydrogen (secondary N) is 1. The fourth-order valence-corrected chi connectivity index (χ4v) is 8.73. The Kier molecular flexibility index (Phi) is 18.8. The van der Waals surface area contributed by atoms with Crippen LogP contribution in [-0.4, -0.2) is 66.2 Å². The second kappa shape index (κ2) is 24.7. The van der Waals surface area contributed by atoms with E-state index in [0.29, 0.717) is 29.2 Å². The highest BCUT2D eigenvalue weighted by Crippen LogP contribution is 2.40. The Morgan fingerprint density at radius 1 is 0.800 bits per heavy atom. The molecule has 0 aliphatic carbocycles. The van der Waals surface area contributed by atoms with E-state index < -0.39 is 23.1 Å². The first-order chi connectivity index (χ1) is 29.4. The molecule has 0 saturated heterocycles. The Balaban J connectivity index is 1.44. The van der Waals surface area contributed by atoms with Gasteiger partial charge in [-0.15, -0.1) is 26.8 Å². The van der Waals surface area contributed by atoms with E-state index in [0.717, 1.165) is 48.8 Å². The second-order valence-corrected chi connectivity index (χ2v) is 16.4. The quantitative estimate of drug-likeness (QED) is 0.0188. The predicted octanol–water partition coefficient (Wildman–Crippen LogP) is 10.3. The van der Waals surface area contributed by atoms with Crippen molar-refractivity contribution >= 4 is 24.1 Å². The van der Waals surface area contributed by atoms with Crippen LogP contribution in [0.2, 0.25) is 0 Å². The number of aliphatic hydroxyl groups excluding tert-OH is 1. The van der Waals surface area contributed by atoms with Crippen LogP contribution in [0.15, 0.2) is 140 Å². The maximum Gasteiger partial charge on any atom is 0.218 e. The van der Waals surface area contributed by atoms with Crippen LogP contribution in [0.3, 0.4) is 0 Å². The van der Waals surface area contributed by atoms with E-state index in [2.05, 4.69) is 72.8 Å². The van der Waals surface area contributed by atoms with Crippen LogP contribution < -0.4 is 5.32 Å². The number of aromatic nitrogens is 4. The number of hydrogen-bond donors (Lipinski definition) is 2. The minimum absolute atomic E-state index is 0.214. The Hall–Kier alpha value is -5.32. The Bertz CT molecular complexity index is 1960. The molecule has 2 N–H and O–H groups in total. The topological polar surface area (TPSA) is 113 Å². The van der Waals surface area contributed by atoms with Crippen LogP contribution in [0.4, 0.5) is 0 Å². The molecular weight excluding hydrogens is 765 g/mol. The molecule has 316 valence electrons. The van der Waals surface area contributed by atoms with Crippen LogP contribution in [0, 0.1) is 0 Å². The van der Waals surface area contributed by atoms with Gasteiger partial charge in [-0.2, -0.15) is 0 Å². The van der Waals surface area contributed by atoms with Crippen molar-refractivity contribution in [3.8, 4) is 11.4 Å². The number of amides is 2. The van der Waals surface area contributed by atoms with Gasteiger partial charge in [-0.05, 0) is 52.8 Å². The van der Waals surface area contributed by atoms with E-state index in [4.69, 9.17) is 10.3 Å². The molecule has 0 radical (unpaired) electrons. The number of carbonyl (C=O) groups excluding carboxylic acids is 2. The summed E-state index contributed by atoms with van der Waals surface area (Å²) in [5.41, 5.74) is 3.44.